The molecule has 0 bridgehead atoms. The quantitative estimate of drug-likeness (QED) is 0.800. The van der Waals surface area contributed by atoms with Gasteiger partial charge in [0.25, 0.3) is 0 Å². The van der Waals surface area contributed by atoms with Gasteiger partial charge in [-0.25, -0.2) is 0 Å². The van der Waals surface area contributed by atoms with E-state index in [4.69, 9.17) is 14.6 Å². The molecule has 0 radical (unpaired) electrons. The van der Waals surface area contributed by atoms with Gasteiger partial charge in [-0.05, 0) is 30.7 Å². The van der Waals surface area contributed by atoms with Crippen LogP contribution in [-0.2, 0) is 9.47 Å². The van der Waals surface area contributed by atoms with Gasteiger partial charge in [0, 0.05) is 12.2 Å². The minimum absolute atomic E-state index is 0.168. The lowest BCUT2D eigenvalue weighted by Crippen LogP contribution is -2.09. The smallest absolute Gasteiger partial charge is 0.184 e. The van der Waals surface area contributed by atoms with Crippen molar-refractivity contribution in [2.45, 2.75) is 51.4 Å². The summed E-state index contributed by atoms with van der Waals surface area (Å²) in [5, 5.41) is 8.77. The van der Waals surface area contributed by atoms with Crippen molar-refractivity contribution in [3.05, 3.63) is 35.4 Å². The molecule has 0 spiro atoms. The second kappa shape index (κ2) is 7.04. The predicted octanol–water partition coefficient (Wildman–Crippen LogP) is 3.39. The minimum Gasteiger partial charge on any atom is -0.396 e. The molecule has 2 rings (SSSR count). The summed E-state index contributed by atoms with van der Waals surface area (Å²) >= 11 is 0. The maximum Gasteiger partial charge on any atom is 0.184 e. The van der Waals surface area contributed by atoms with Gasteiger partial charge in [0.05, 0.1) is 12.7 Å². The van der Waals surface area contributed by atoms with Gasteiger partial charge in [-0.1, -0.05) is 38.1 Å². The van der Waals surface area contributed by atoms with E-state index in [0.29, 0.717) is 12.5 Å². The van der Waals surface area contributed by atoms with Crippen LogP contribution in [-0.4, -0.2) is 24.4 Å². The largest absolute Gasteiger partial charge is 0.396 e. The van der Waals surface area contributed by atoms with Gasteiger partial charge in [-0.2, -0.15) is 0 Å². The molecule has 19 heavy (non-hydrogen) atoms. The van der Waals surface area contributed by atoms with Crippen LogP contribution in [0.3, 0.4) is 0 Å². The van der Waals surface area contributed by atoms with E-state index in [1.165, 1.54) is 5.56 Å². The zero-order valence-electron chi connectivity index (χ0n) is 11.8. The SMILES string of the molecule is CC(C)c1ccc(C2OCC(CCCCO)O2)cc1. The zero-order chi connectivity index (χ0) is 13.7. The van der Waals surface area contributed by atoms with E-state index in [0.717, 1.165) is 24.8 Å². The summed E-state index contributed by atoms with van der Waals surface area (Å²) in [6.45, 7) is 5.29. The number of rotatable bonds is 6. The van der Waals surface area contributed by atoms with Crippen LogP contribution in [0.25, 0.3) is 0 Å². The summed E-state index contributed by atoms with van der Waals surface area (Å²) in [4.78, 5) is 0. The number of benzene rings is 1. The van der Waals surface area contributed by atoms with Crippen LogP contribution in [0.2, 0.25) is 0 Å². The monoisotopic (exact) mass is 264 g/mol. The third-order valence-electron chi connectivity index (χ3n) is 3.56. The Morgan fingerprint density at radius 2 is 1.95 bits per heavy atom. The van der Waals surface area contributed by atoms with E-state index in [1.54, 1.807) is 0 Å². The highest BCUT2D eigenvalue weighted by Gasteiger charge is 2.26. The zero-order valence-corrected chi connectivity index (χ0v) is 11.8. The first kappa shape index (κ1) is 14.5. The highest BCUT2D eigenvalue weighted by atomic mass is 16.7. The maximum absolute atomic E-state index is 8.77. The van der Waals surface area contributed by atoms with Crippen LogP contribution in [0.4, 0.5) is 0 Å². The Labute approximate surface area is 115 Å². The predicted molar refractivity (Wildman–Crippen MR) is 75.0 cm³/mol. The highest BCUT2D eigenvalue weighted by molar-refractivity contribution is 5.25. The Balaban J connectivity index is 1.86. The first-order valence-corrected chi connectivity index (χ1v) is 7.18. The molecule has 0 saturated carbocycles. The molecule has 0 aliphatic carbocycles. The fraction of sp³-hybridized carbons (Fsp3) is 0.625. The summed E-state index contributed by atoms with van der Waals surface area (Å²) in [7, 11) is 0. The van der Waals surface area contributed by atoms with Crippen molar-refractivity contribution in [1.29, 1.82) is 0 Å². The molecule has 0 aromatic heterocycles. The van der Waals surface area contributed by atoms with E-state index in [-0.39, 0.29) is 19.0 Å². The van der Waals surface area contributed by atoms with Gasteiger partial charge in [-0.3, -0.25) is 0 Å². The molecule has 2 atom stereocenters. The van der Waals surface area contributed by atoms with Gasteiger partial charge < -0.3 is 14.6 Å². The first-order valence-electron chi connectivity index (χ1n) is 7.18. The van der Waals surface area contributed by atoms with E-state index >= 15 is 0 Å². The fourth-order valence-electron chi connectivity index (χ4n) is 2.30. The lowest BCUT2D eigenvalue weighted by atomic mass is 10.0. The molecule has 1 aromatic rings. The van der Waals surface area contributed by atoms with Crippen LogP contribution < -0.4 is 0 Å². The van der Waals surface area contributed by atoms with Crippen LogP contribution >= 0.6 is 0 Å². The molecular formula is C16H24O3. The van der Waals surface area contributed by atoms with Crippen molar-refractivity contribution >= 4 is 0 Å². The summed E-state index contributed by atoms with van der Waals surface area (Å²) < 4.78 is 11.6. The van der Waals surface area contributed by atoms with Crippen molar-refractivity contribution < 1.29 is 14.6 Å². The van der Waals surface area contributed by atoms with Crippen molar-refractivity contribution in [2.24, 2.45) is 0 Å². The third kappa shape index (κ3) is 4.03. The Morgan fingerprint density at radius 3 is 2.58 bits per heavy atom. The summed E-state index contributed by atoms with van der Waals surface area (Å²) in [6, 6.07) is 8.48. The Morgan fingerprint density at radius 1 is 1.21 bits per heavy atom. The first-order chi connectivity index (χ1) is 9.20. The number of hydrogen-bond donors (Lipinski definition) is 1. The second-order valence-corrected chi connectivity index (χ2v) is 5.46. The Hall–Kier alpha value is -0.900. The van der Waals surface area contributed by atoms with Crippen molar-refractivity contribution in [2.75, 3.05) is 13.2 Å². The van der Waals surface area contributed by atoms with Crippen molar-refractivity contribution in [3.8, 4) is 0 Å². The number of unbranched alkanes of at least 4 members (excludes halogenated alkanes) is 1. The third-order valence-corrected chi connectivity index (χ3v) is 3.56. The molecule has 1 fully saturated rings. The van der Waals surface area contributed by atoms with E-state index < -0.39 is 0 Å². The second-order valence-electron chi connectivity index (χ2n) is 5.46. The molecule has 3 nitrogen and oxygen atoms in total. The van der Waals surface area contributed by atoms with E-state index in [1.807, 2.05) is 0 Å². The topological polar surface area (TPSA) is 38.7 Å². The number of hydrogen-bond acceptors (Lipinski definition) is 3. The van der Waals surface area contributed by atoms with Gasteiger partial charge >= 0.3 is 0 Å². The summed E-state index contributed by atoms with van der Waals surface area (Å²) in [6.07, 6.45) is 2.74. The Bertz CT molecular complexity index is 372. The molecule has 106 valence electrons. The van der Waals surface area contributed by atoms with E-state index in [2.05, 4.69) is 38.1 Å². The molecule has 1 N–H and O–H groups in total. The van der Waals surface area contributed by atoms with Gasteiger partial charge in [-0.15, -0.1) is 0 Å². The molecule has 1 aliphatic heterocycles. The van der Waals surface area contributed by atoms with E-state index in [9.17, 15) is 0 Å². The van der Waals surface area contributed by atoms with Crippen molar-refractivity contribution in [3.63, 3.8) is 0 Å². The van der Waals surface area contributed by atoms with Gasteiger partial charge in [0.1, 0.15) is 0 Å². The molecule has 3 heteroatoms. The standard InChI is InChI=1S/C16H24O3/c1-12(2)13-6-8-14(9-7-13)16-18-11-15(19-16)5-3-4-10-17/h6-9,12,15-17H,3-5,10-11H2,1-2H3. The molecule has 1 heterocycles. The van der Waals surface area contributed by atoms with Crippen LogP contribution in [0.15, 0.2) is 24.3 Å². The summed E-state index contributed by atoms with van der Waals surface area (Å²) in [5.74, 6) is 0.547. The lowest BCUT2D eigenvalue weighted by Gasteiger charge is -2.13. The molecule has 1 saturated heterocycles. The average molecular weight is 264 g/mol. The molecule has 2 unspecified atom stereocenters. The van der Waals surface area contributed by atoms with Crippen LogP contribution in [0.5, 0.6) is 0 Å². The number of aliphatic hydroxyl groups excluding tert-OH is 1. The summed E-state index contributed by atoms with van der Waals surface area (Å²) in [5.41, 5.74) is 2.43. The highest BCUT2D eigenvalue weighted by Crippen LogP contribution is 2.29. The van der Waals surface area contributed by atoms with Gasteiger partial charge in [0.2, 0.25) is 0 Å². The number of ether oxygens (including phenoxy) is 2. The maximum atomic E-state index is 8.77. The van der Waals surface area contributed by atoms with Crippen LogP contribution in [0.1, 0.15) is 56.4 Å². The number of aliphatic hydroxyl groups is 1. The normalized spacial score (nSPS) is 23.2. The lowest BCUT2D eigenvalue weighted by molar-refractivity contribution is -0.0614. The molecule has 0 amide bonds. The molecule has 1 aliphatic rings. The average Bonchev–Trinajstić information content (AvgIpc) is 2.88. The fourth-order valence-corrected chi connectivity index (χ4v) is 2.30. The molecular weight excluding hydrogens is 240 g/mol. The van der Waals surface area contributed by atoms with Crippen molar-refractivity contribution in [1.82, 2.24) is 0 Å². The molecule has 1 aromatic carbocycles. The minimum atomic E-state index is -0.222. The van der Waals surface area contributed by atoms with Crippen LogP contribution in [0, 0.1) is 0 Å². The van der Waals surface area contributed by atoms with Gasteiger partial charge in [0.15, 0.2) is 6.29 Å². The Kier molecular flexibility index (Phi) is 5.37.